The second-order valence-corrected chi connectivity index (χ2v) is 16.9. The van der Waals surface area contributed by atoms with Crippen molar-refractivity contribution in [1.29, 1.82) is 0 Å². The number of hydrogen-bond donors (Lipinski definition) is 4. The second-order valence-electron chi connectivity index (χ2n) is 15.4. The average molecular weight is 891 g/mol. The van der Waals surface area contributed by atoms with Crippen LogP contribution < -0.4 is 0 Å². The molecule has 1 saturated heterocycles. The predicted molar refractivity (Wildman–Crippen MR) is 247 cm³/mol. The Morgan fingerprint density at radius 2 is 1.10 bits per heavy atom. The summed E-state index contributed by atoms with van der Waals surface area (Å²) in [7, 11) is -4.62. The van der Waals surface area contributed by atoms with Gasteiger partial charge in [0.2, 0.25) is 0 Å². The van der Waals surface area contributed by atoms with Crippen molar-refractivity contribution in [3.63, 3.8) is 0 Å². The van der Waals surface area contributed by atoms with Crippen molar-refractivity contribution in [3.8, 4) is 0 Å². The molecule has 2 unspecified atom stereocenters. The van der Waals surface area contributed by atoms with Crippen molar-refractivity contribution in [1.82, 2.24) is 0 Å². The molecule has 0 bridgehead atoms. The molecule has 13 heteroatoms. The van der Waals surface area contributed by atoms with E-state index in [1.807, 2.05) is 12.2 Å². The Morgan fingerprint density at radius 1 is 0.581 bits per heavy atom. The maximum absolute atomic E-state index is 12.8. The van der Waals surface area contributed by atoms with Crippen LogP contribution in [0.1, 0.15) is 142 Å². The first kappa shape index (κ1) is 56.6. The number of unbranched alkanes of at least 4 members (excludes halogenated alkanes) is 9. The van der Waals surface area contributed by atoms with Crippen LogP contribution in [0.2, 0.25) is 0 Å². The third-order valence-corrected chi connectivity index (χ3v) is 10.4. The van der Waals surface area contributed by atoms with E-state index in [9.17, 15) is 37.9 Å². The van der Waals surface area contributed by atoms with Crippen LogP contribution in [0.3, 0.4) is 0 Å². The normalized spacial score (nSPS) is 20.8. The highest BCUT2D eigenvalue weighted by Crippen LogP contribution is 2.24. The fourth-order valence-electron chi connectivity index (χ4n) is 6.16. The molecule has 62 heavy (non-hydrogen) atoms. The van der Waals surface area contributed by atoms with Gasteiger partial charge in [0.25, 0.3) is 10.1 Å². The van der Waals surface area contributed by atoms with Gasteiger partial charge in [-0.1, -0.05) is 150 Å². The molecule has 0 aromatic heterocycles. The molecule has 0 aliphatic carbocycles. The summed E-state index contributed by atoms with van der Waals surface area (Å²) in [6.45, 7) is 3.53. The lowest BCUT2D eigenvalue weighted by Gasteiger charge is -2.40. The van der Waals surface area contributed by atoms with Gasteiger partial charge in [0.1, 0.15) is 36.8 Å². The third-order valence-electron chi connectivity index (χ3n) is 9.69. The van der Waals surface area contributed by atoms with E-state index < -0.39 is 71.2 Å². The number of aliphatic hydroxyl groups is 3. The minimum Gasteiger partial charge on any atom is -0.462 e. The molecule has 4 N–H and O–H groups in total. The summed E-state index contributed by atoms with van der Waals surface area (Å²) < 4.78 is 54.0. The molecule has 1 heterocycles. The van der Waals surface area contributed by atoms with Gasteiger partial charge in [-0.25, -0.2) is 0 Å². The van der Waals surface area contributed by atoms with Crippen molar-refractivity contribution in [2.75, 3.05) is 19.0 Å². The van der Waals surface area contributed by atoms with Gasteiger partial charge < -0.3 is 34.3 Å². The van der Waals surface area contributed by atoms with E-state index in [1.54, 1.807) is 0 Å². The first-order valence-electron chi connectivity index (χ1n) is 22.8. The van der Waals surface area contributed by atoms with Crippen LogP contribution >= 0.6 is 0 Å². The Hall–Kier alpha value is -3.43. The number of ether oxygens (including phenoxy) is 4. The average Bonchev–Trinajstić information content (AvgIpc) is 3.24. The van der Waals surface area contributed by atoms with Crippen molar-refractivity contribution in [2.45, 2.75) is 179 Å². The fraction of sp³-hybridized carbons (Fsp3) is 0.633. The highest BCUT2D eigenvalue weighted by molar-refractivity contribution is 7.85. The van der Waals surface area contributed by atoms with E-state index in [0.717, 1.165) is 77.0 Å². The molecular weight excluding hydrogens is 813 g/mol. The summed E-state index contributed by atoms with van der Waals surface area (Å²) in [6.07, 6.45) is 41.7. The lowest BCUT2D eigenvalue weighted by molar-refractivity contribution is -0.297. The summed E-state index contributed by atoms with van der Waals surface area (Å²) in [5, 5.41) is 30.9. The predicted octanol–water partition coefficient (Wildman–Crippen LogP) is 9.44. The summed E-state index contributed by atoms with van der Waals surface area (Å²) in [6, 6.07) is 0. The molecule has 12 nitrogen and oxygen atoms in total. The molecule has 1 aliphatic rings. The fourth-order valence-corrected chi connectivity index (χ4v) is 6.85. The summed E-state index contributed by atoms with van der Waals surface area (Å²) in [5.41, 5.74) is 0. The Morgan fingerprint density at radius 3 is 1.65 bits per heavy atom. The number of aliphatic hydroxyl groups excluding tert-OH is 3. The molecule has 6 atom stereocenters. The molecule has 352 valence electrons. The van der Waals surface area contributed by atoms with E-state index in [0.29, 0.717) is 12.8 Å². The number of hydrogen-bond acceptors (Lipinski definition) is 11. The van der Waals surface area contributed by atoms with Gasteiger partial charge in [0.05, 0.1) is 6.61 Å². The SMILES string of the molecule is CC/C=C/C/C=C/C/C=C/C/C=C/C/C=C/C/C=C/CCC(=O)OC[C@H](CO[C@H]1O[C@H](CS(=O)(=O)O)[C@@H](O)C(O)C1O)OC(=O)CCCCCCC/C=C/C=C/CCCCCC. The molecule has 1 fully saturated rings. The van der Waals surface area contributed by atoms with Crippen molar-refractivity contribution >= 4 is 22.1 Å². The van der Waals surface area contributed by atoms with Crippen LogP contribution in [0.4, 0.5) is 0 Å². The summed E-state index contributed by atoms with van der Waals surface area (Å²) in [4.78, 5) is 25.4. The molecular formula is C49H78O12S. The monoisotopic (exact) mass is 891 g/mol. The molecule has 0 spiro atoms. The molecule has 0 aromatic carbocycles. The molecule has 0 amide bonds. The van der Waals surface area contributed by atoms with E-state index in [1.165, 1.54) is 25.7 Å². The lowest BCUT2D eigenvalue weighted by Crippen LogP contribution is -2.60. The summed E-state index contributed by atoms with van der Waals surface area (Å²) in [5.74, 6) is -2.13. The third kappa shape index (κ3) is 32.3. The zero-order chi connectivity index (χ0) is 45.5. The number of esters is 2. The second kappa shape index (κ2) is 38.1. The van der Waals surface area contributed by atoms with Gasteiger partial charge in [0, 0.05) is 12.8 Å². The standard InChI is InChI=1S/C49H78O12S/c1-3-5-7-9-11-13-15-17-19-20-21-22-24-25-27-29-31-33-35-37-44(50)58-39-42(40-59-49-48(54)47(53)46(52)43(61-49)41-62(55,56)57)60-45(51)38-36-34-32-30-28-26-23-18-16-14-12-10-8-6-4-2/h5,7,11,13-14,16-19,21-23,25,27,31,33,42-43,46-49,52-54H,3-4,6,8-10,12,15,20,24,26,28-30,32,34-41H2,1-2H3,(H,55,56,57)/b7-5+,13-11+,16-14+,19-17+,22-21+,23-18+,27-25+,33-31+/t42-,43-,46-,47?,48?,49+/m1/s1. The van der Waals surface area contributed by atoms with Crippen LogP contribution in [0.15, 0.2) is 97.2 Å². The number of carbonyl (C=O) groups excluding carboxylic acids is 2. The van der Waals surface area contributed by atoms with E-state index in [4.69, 9.17) is 18.9 Å². The minimum absolute atomic E-state index is 0.0845. The van der Waals surface area contributed by atoms with Crippen LogP contribution in [-0.2, 0) is 38.7 Å². The maximum atomic E-state index is 12.8. The number of carbonyl (C=O) groups is 2. The van der Waals surface area contributed by atoms with Gasteiger partial charge in [0.15, 0.2) is 12.4 Å². The lowest BCUT2D eigenvalue weighted by atomic mass is 10.00. The molecule has 0 saturated carbocycles. The first-order valence-corrected chi connectivity index (χ1v) is 24.4. The minimum atomic E-state index is -4.62. The first-order chi connectivity index (χ1) is 30.0. The Balaban J connectivity index is 2.52. The van der Waals surface area contributed by atoms with Gasteiger partial charge in [-0.05, 0) is 77.0 Å². The van der Waals surface area contributed by atoms with Gasteiger partial charge >= 0.3 is 11.9 Å². The quantitative estimate of drug-likeness (QED) is 0.0154. The Labute approximate surface area is 373 Å². The largest absolute Gasteiger partial charge is 0.462 e. The van der Waals surface area contributed by atoms with E-state index in [2.05, 4.69) is 98.9 Å². The van der Waals surface area contributed by atoms with Gasteiger partial charge in [-0.15, -0.1) is 0 Å². The van der Waals surface area contributed by atoms with Crippen molar-refractivity contribution < 1.29 is 56.8 Å². The van der Waals surface area contributed by atoms with Crippen LogP contribution in [-0.4, -0.2) is 96.0 Å². The van der Waals surface area contributed by atoms with Gasteiger partial charge in [-0.3, -0.25) is 14.1 Å². The highest BCUT2D eigenvalue weighted by Gasteiger charge is 2.46. The van der Waals surface area contributed by atoms with E-state index in [-0.39, 0.29) is 19.4 Å². The van der Waals surface area contributed by atoms with Crippen LogP contribution in [0.5, 0.6) is 0 Å². The maximum Gasteiger partial charge on any atom is 0.306 e. The van der Waals surface area contributed by atoms with Gasteiger partial charge in [-0.2, -0.15) is 8.42 Å². The van der Waals surface area contributed by atoms with Crippen LogP contribution in [0, 0.1) is 0 Å². The zero-order valence-electron chi connectivity index (χ0n) is 37.4. The molecule has 1 rings (SSSR count). The molecule has 0 aromatic rings. The smallest absolute Gasteiger partial charge is 0.306 e. The van der Waals surface area contributed by atoms with Crippen molar-refractivity contribution in [2.24, 2.45) is 0 Å². The van der Waals surface area contributed by atoms with E-state index >= 15 is 0 Å². The highest BCUT2D eigenvalue weighted by atomic mass is 32.2. The Bertz CT molecular complexity index is 1510. The summed E-state index contributed by atoms with van der Waals surface area (Å²) >= 11 is 0. The molecule has 0 radical (unpaired) electrons. The Kier molecular flexibility index (Phi) is 34.7. The van der Waals surface area contributed by atoms with Crippen LogP contribution in [0.25, 0.3) is 0 Å². The number of allylic oxidation sites excluding steroid dienone is 16. The molecule has 1 aliphatic heterocycles. The number of rotatable bonds is 36. The van der Waals surface area contributed by atoms with Crippen molar-refractivity contribution in [3.05, 3.63) is 97.2 Å². The zero-order valence-corrected chi connectivity index (χ0v) is 38.2. The topological polar surface area (TPSA) is 186 Å².